The summed E-state index contributed by atoms with van der Waals surface area (Å²) in [7, 11) is 0. The van der Waals surface area contributed by atoms with Gasteiger partial charge in [0.2, 0.25) is 0 Å². The van der Waals surface area contributed by atoms with E-state index >= 15 is 0 Å². The van der Waals surface area contributed by atoms with Gasteiger partial charge in [0.15, 0.2) is 5.78 Å². The smallest absolute Gasteiger partial charge is 0.161 e. The van der Waals surface area contributed by atoms with Crippen molar-refractivity contribution in [3.05, 3.63) is 0 Å². The molecule has 0 aromatic carbocycles. The number of halogens is 1. The fourth-order valence-corrected chi connectivity index (χ4v) is 2.35. The Hall–Kier alpha value is -0.0800. The van der Waals surface area contributed by atoms with Crippen LogP contribution in [-0.4, -0.2) is 23.4 Å². The fraction of sp³-hybridized carbons (Fsp3) is 0.875. The van der Waals surface area contributed by atoms with Gasteiger partial charge in [-0.2, -0.15) is 0 Å². The highest BCUT2D eigenvalue weighted by Crippen LogP contribution is 2.45. The zero-order chi connectivity index (χ0) is 8.06. The Kier molecular flexibility index (Phi) is 1.52. The molecule has 0 N–H and O–H groups in total. The van der Waals surface area contributed by atoms with Crippen LogP contribution in [-0.2, 0) is 9.53 Å². The lowest BCUT2D eigenvalue weighted by Crippen LogP contribution is -2.64. The van der Waals surface area contributed by atoms with Crippen LogP contribution in [0, 0.1) is 5.92 Å². The number of carbonyl (C=O) groups is 1. The highest BCUT2D eigenvalue weighted by atomic mass is 35.5. The number of rotatable bonds is 0. The lowest BCUT2D eigenvalue weighted by molar-refractivity contribution is -0.160. The normalized spacial score (nSPS) is 49.8. The summed E-state index contributed by atoms with van der Waals surface area (Å²) in [6.07, 6.45) is 1.96. The van der Waals surface area contributed by atoms with Crippen LogP contribution in [0.3, 0.4) is 0 Å². The molecule has 3 atom stereocenters. The Morgan fingerprint density at radius 1 is 1.73 bits per heavy atom. The van der Waals surface area contributed by atoms with Gasteiger partial charge in [-0.15, -0.1) is 11.6 Å². The second-order valence-corrected chi connectivity index (χ2v) is 4.27. The summed E-state index contributed by atoms with van der Waals surface area (Å²) in [5.74, 6) is 0.273. The van der Waals surface area contributed by atoms with Gasteiger partial charge >= 0.3 is 0 Å². The van der Waals surface area contributed by atoms with Gasteiger partial charge in [0.05, 0.1) is 6.10 Å². The van der Waals surface area contributed by atoms with Gasteiger partial charge in [-0.1, -0.05) is 0 Å². The van der Waals surface area contributed by atoms with E-state index in [4.69, 9.17) is 16.3 Å². The molecule has 11 heavy (non-hydrogen) atoms. The van der Waals surface area contributed by atoms with Gasteiger partial charge < -0.3 is 4.74 Å². The van der Waals surface area contributed by atoms with Crippen LogP contribution < -0.4 is 0 Å². The van der Waals surface area contributed by atoms with E-state index in [9.17, 15) is 4.79 Å². The number of carbonyl (C=O) groups excluding carboxylic acids is 1. The van der Waals surface area contributed by atoms with Crippen LogP contribution in [0.15, 0.2) is 0 Å². The van der Waals surface area contributed by atoms with Crippen molar-refractivity contribution in [2.75, 3.05) is 6.61 Å². The first kappa shape index (κ1) is 7.56. The van der Waals surface area contributed by atoms with E-state index in [1.54, 1.807) is 6.92 Å². The topological polar surface area (TPSA) is 26.3 Å². The number of hydrogen-bond donors (Lipinski definition) is 0. The van der Waals surface area contributed by atoms with Gasteiger partial charge in [-0.25, -0.2) is 0 Å². The van der Waals surface area contributed by atoms with Crippen molar-refractivity contribution in [3.8, 4) is 0 Å². The van der Waals surface area contributed by atoms with Crippen molar-refractivity contribution in [2.24, 2.45) is 5.92 Å². The molecule has 3 heteroatoms. The van der Waals surface area contributed by atoms with E-state index in [1.165, 1.54) is 0 Å². The summed E-state index contributed by atoms with van der Waals surface area (Å²) in [5, 5.41) is 0. The van der Waals surface area contributed by atoms with Crippen molar-refractivity contribution in [3.63, 3.8) is 0 Å². The number of ketones is 1. The molecule has 0 unspecified atom stereocenters. The van der Waals surface area contributed by atoms with Crippen molar-refractivity contribution in [1.29, 1.82) is 0 Å². The molecule has 0 spiro atoms. The summed E-state index contributed by atoms with van der Waals surface area (Å²) in [6, 6.07) is 0. The Morgan fingerprint density at radius 3 is 3.09 bits per heavy atom. The molecule has 0 amide bonds. The second kappa shape index (κ2) is 2.20. The molecule has 2 fully saturated rings. The van der Waals surface area contributed by atoms with Crippen molar-refractivity contribution < 1.29 is 9.53 Å². The molecule has 2 nitrogen and oxygen atoms in total. The number of fused-ring (bicyclic) bond motifs is 1. The first-order valence-electron chi connectivity index (χ1n) is 3.99. The molecule has 0 radical (unpaired) electrons. The van der Waals surface area contributed by atoms with Crippen molar-refractivity contribution in [2.45, 2.75) is 30.7 Å². The molecule has 1 aliphatic carbocycles. The van der Waals surface area contributed by atoms with Crippen LogP contribution >= 0.6 is 11.6 Å². The summed E-state index contributed by atoms with van der Waals surface area (Å²) in [6.45, 7) is 2.51. The summed E-state index contributed by atoms with van der Waals surface area (Å²) >= 11 is 5.95. The predicted octanol–water partition coefficient (Wildman–Crippen LogP) is 1.36. The van der Waals surface area contributed by atoms with Crippen molar-refractivity contribution >= 4 is 17.4 Å². The minimum atomic E-state index is -0.717. The predicted molar refractivity (Wildman–Crippen MR) is 41.7 cm³/mol. The molecule has 0 aromatic rings. The third-order valence-corrected chi connectivity index (χ3v) is 3.08. The molecule has 1 aliphatic heterocycles. The van der Waals surface area contributed by atoms with Gasteiger partial charge in [-0.3, -0.25) is 4.79 Å². The molecule has 62 valence electrons. The number of Topliss-reactive ketones (excluding diaryl/α,β-unsaturated/α-hetero) is 1. The number of alkyl halides is 1. The Bertz CT molecular complexity index is 200. The molecular formula is C8H11ClO2. The average molecular weight is 175 g/mol. The minimum absolute atomic E-state index is 0.00887. The van der Waals surface area contributed by atoms with Gasteiger partial charge in [-0.05, 0) is 19.8 Å². The average Bonchev–Trinajstić information content (AvgIpc) is 2.04. The van der Waals surface area contributed by atoms with E-state index in [0.717, 1.165) is 19.4 Å². The van der Waals surface area contributed by atoms with E-state index in [-0.39, 0.29) is 17.8 Å². The monoisotopic (exact) mass is 174 g/mol. The summed E-state index contributed by atoms with van der Waals surface area (Å²) in [5.41, 5.74) is 0. The van der Waals surface area contributed by atoms with Crippen LogP contribution in [0.2, 0.25) is 0 Å². The molecule has 1 saturated carbocycles. The van der Waals surface area contributed by atoms with E-state index in [2.05, 4.69) is 0 Å². The third-order valence-electron chi connectivity index (χ3n) is 2.68. The zero-order valence-electron chi connectivity index (χ0n) is 6.47. The van der Waals surface area contributed by atoms with Crippen LogP contribution in [0.1, 0.15) is 19.8 Å². The lowest BCUT2D eigenvalue weighted by atomic mass is 9.67. The minimum Gasteiger partial charge on any atom is -0.375 e. The van der Waals surface area contributed by atoms with E-state index in [1.807, 2.05) is 0 Å². The number of hydrogen-bond acceptors (Lipinski definition) is 2. The van der Waals surface area contributed by atoms with Crippen LogP contribution in [0.4, 0.5) is 0 Å². The fourth-order valence-electron chi connectivity index (χ4n) is 1.99. The van der Waals surface area contributed by atoms with Gasteiger partial charge in [0.25, 0.3) is 0 Å². The quantitative estimate of drug-likeness (QED) is 0.519. The first-order chi connectivity index (χ1) is 5.14. The SMILES string of the molecule is C[C@]1(Cl)C(=O)[C@H]2CCCO[C@H]21. The Morgan fingerprint density at radius 2 is 2.45 bits per heavy atom. The van der Waals surface area contributed by atoms with Gasteiger partial charge in [0, 0.05) is 12.5 Å². The molecule has 1 heterocycles. The summed E-state index contributed by atoms with van der Waals surface area (Å²) < 4.78 is 5.41. The number of ether oxygens (including phenoxy) is 1. The Balaban J connectivity index is 2.15. The zero-order valence-corrected chi connectivity index (χ0v) is 7.23. The van der Waals surface area contributed by atoms with Crippen molar-refractivity contribution in [1.82, 2.24) is 0 Å². The van der Waals surface area contributed by atoms with Gasteiger partial charge in [0.1, 0.15) is 4.87 Å². The molecule has 1 saturated heterocycles. The Labute approximate surface area is 70.9 Å². The third kappa shape index (κ3) is 0.859. The first-order valence-corrected chi connectivity index (χ1v) is 4.36. The van der Waals surface area contributed by atoms with E-state index in [0.29, 0.717) is 0 Å². The van der Waals surface area contributed by atoms with Crippen LogP contribution in [0.5, 0.6) is 0 Å². The standard InChI is InChI=1S/C8H11ClO2/c1-8(9)6(10)5-3-2-4-11-7(5)8/h5,7H,2-4H2,1H3/t5-,7-,8+/m1/s1. The second-order valence-electron chi connectivity index (χ2n) is 3.48. The molecule has 2 rings (SSSR count). The lowest BCUT2D eigenvalue weighted by Gasteiger charge is -2.49. The van der Waals surface area contributed by atoms with E-state index < -0.39 is 4.87 Å². The maximum Gasteiger partial charge on any atom is 0.161 e. The van der Waals surface area contributed by atoms with Crippen LogP contribution in [0.25, 0.3) is 0 Å². The largest absolute Gasteiger partial charge is 0.375 e. The highest BCUT2D eigenvalue weighted by Gasteiger charge is 2.59. The molecular weight excluding hydrogens is 164 g/mol. The molecule has 2 aliphatic rings. The highest BCUT2D eigenvalue weighted by molar-refractivity contribution is 6.38. The molecule has 0 aromatic heterocycles. The maximum absolute atomic E-state index is 11.3. The summed E-state index contributed by atoms with van der Waals surface area (Å²) in [4.78, 5) is 10.6. The maximum atomic E-state index is 11.3. The molecule has 0 bridgehead atoms.